The van der Waals surface area contributed by atoms with Crippen LogP contribution in [0.1, 0.15) is 31.2 Å². The van der Waals surface area contributed by atoms with E-state index in [2.05, 4.69) is 49.2 Å². The third-order valence-electron chi connectivity index (χ3n) is 5.13. The summed E-state index contributed by atoms with van der Waals surface area (Å²) in [4.78, 5) is 0. The van der Waals surface area contributed by atoms with Crippen molar-refractivity contribution in [3.63, 3.8) is 0 Å². The average molecular weight is 273 g/mol. The molecule has 0 amide bonds. The molecule has 1 aromatic rings. The van der Waals surface area contributed by atoms with Gasteiger partial charge in [0.15, 0.2) is 0 Å². The van der Waals surface area contributed by atoms with Crippen molar-refractivity contribution in [3.05, 3.63) is 29.8 Å². The highest BCUT2D eigenvalue weighted by Gasteiger charge is 2.38. The number of hydrogen-bond donors (Lipinski definition) is 1. The summed E-state index contributed by atoms with van der Waals surface area (Å²) in [6.45, 7) is 8.29. The summed E-state index contributed by atoms with van der Waals surface area (Å²) in [6.07, 6.45) is 5.88. The molecule has 0 aliphatic heterocycles. The van der Waals surface area contributed by atoms with Crippen LogP contribution in [0, 0.1) is 11.8 Å². The number of benzene rings is 1. The maximum absolute atomic E-state index is 3.80. The Morgan fingerprint density at radius 3 is 2.32 bits per heavy atom. The lowest BCUT2D eigenvalue weighted by Gasteiger charge is -2.23. The topological polar surface area (TPSA) is 12.0 Å². The van der Waals surface area contributed by atoms with Gasteiger partial charge in [0, 0.05) is 12.6 Å². The zero-order valence-corrected chi connectivity index (χ0v) is 13.6. The lowest BCUT2D eigenvalue weighted by atomic mass is 9.95. The molecule has 2 aliphatic carbocycles. The maximum atomic E-state index is 3.80. The smallest absolute Gasteiger partial charge is 0.0775 e. The van der Waals surface area contributed by atoms with Crippen molar-refractivity contribution in [2.24, 2.45) is 11.8 Å². The SMILES string of the molecule is C[Si](C)(C)c1ccc(CNC2CC3CCC2C3)cc1. The molecule has 19 heavy (non-hydrogen) atoms. The first kappa shape index (κ1) is 13.4. The van der Waals surface area contributed by atoms with Crippen molar-refractivity contribution in [3.8, 4) is 0 Å². The predicted octanol–water partition coefficient (Wildman–Crippen LogP) is 3.51. The Morgan fingerprint density at radius 1 is 1.05 bits per heavy atom. The number of rotatable bonds is 4. The highest BCUT2D eigenvalue weighted by Crippen LogP contribution is 2.44. The fourth-order valence-electron chi connectivity index (χ4n) is 3.87. The van der Waals surface area contributed by atoms with E-state index in [1.807, 2.05) is 0 Å². The molecule has 1 nitrogen and oxygen atoms in total. The fraction of sp³-hybridized carbons (Fsp3) is 0.647. The summed E-state index contributed by atoms with van der Waals surface area (Å²) in [6, 6.07) is 10.2. The molecule has 0 spiro atoms. The van der Waals surface area contributed by atoms with E-state index in [4.69, 9.17) is 0 Å². The first-order valence-electron chi connectivity index (χ1n) is 7.85. The molecule has 2 bridgehead atoms. The molecule has 0 aromatic heterocycles. The molecule has 0 heterocycles. The van der Waals surface area contributed by atoms with E-state index < -0.39 is 8.07 Å². The van der Waals surface area contributed by atoms with Gasteiger partial charge in [0.2, 0.25) is 0 Å². The lowest BCUT2D eigenvalue weighted by molar-refractivity contribution is 0.351. The van der Waals surface area contributed by atoms with Crippen LogP contribution < -0.4 is 10.5 Å². The molecule has 2 heteroatoms. The van der Waals surface area contributed by atoms with Gasteiger partial charge in [-0.15, -0.1) is 0 Å². The van der Waals surface area contributed by atoms with Gasteiger partial charge in [-0.1, -0.05) is 55.5 Å². The largest absolute Gasteiger partial charge is 0.310 e. The van der Waals surface area contributed by atoms with Crippen molar-refractivity contribution >= 4 is 13.3 Å². The molecular weight excluding hydrogens is 246 g/mol. The lowest BCUT2D eigenvalue weighted by Crippen LogP contribution is -2.37. The Balaban J connectivity index is 1.56. The maximum Gasteiger partial charge on any atom is 0.0775 e. The van der Waals surface area contributed by atoms with Crippen LogP contribution in [0.25, 0.3) is 0 Å². The van der Waals surface area contributed by atoms with Crippen LogP contribution in [0.4, 0.5) is 0 Å². The van der Waals surface area contributed by atoms with Crippen molar-refractivity contribution in [2.75, 3.05) is 0 Å². The minimum absolute atomic E-state index is 0.801. The summed E-state index contributed by atoms with van der Waals surface area (Å²) in [5.74, 6) is 2.02. The van der Waals surface area contributed by atoms with E-state index in [0.29, 0.717) is 0 Å². The highest BCUT2D eigenvalue weighted by molar-refractivity contribution is 6.88. The van der Waals surface area contributed by atoms with Crippen LogP contribution in [-0.4, -0.2) is 14.1 Å². The Kier molecular flexibility index (Phi) is 3.57. The minimum atomic E-state index is -1.14. The van der Waals surface area contributed by atoms with Crippen molar-refractivity contribution < 1.29 is 0 Å². The monoisotopic (exact) mass is 273 g/mol. The standard InChI is InChI=1S/C17H27NSi/c1-19(2,3)16-8-5-13(6-9-16)12-18-17-11-14-4-7-15(17)10-14/h5-6,8-9,14-15,17-18H,4,7,10-12H2,1-3H3. The van der Waals surface area contributed by atoms with Gasteiger partial charge >= 0.3 is 0 Å². The molecule has 0 saturated heterocycles. The van der Waals surface area contributed by atoms with E-state index in [-0.39, 0.29) is 0 Å². The van der Waals surface area contributed by atoms with Crippen LogP contribution in [0.2, 0.25) is 19.6 Å². The van der Waals surface area contributed by atoms with E-state index in [1.165, 1.54) is 31.2 Å². The van der Waals surface area contributed by atoms with Crippen molar-refractivity contribution in [1.82, 2.24) is 5.32 Å². The third-order valence-corrected chi connectivity index (χ3v) is 7.19. The normalized spacial score (nSPS) is 29.9. The summed E-state index contributed by atoms with van der Waals surface area (Å²) < 4.78 is 0. The van der Waals surface area contributed by atoms with Crippen LogP contribution in [0.5, 0.6) is 0 Å². The van der Waals surface area contributed by atoms with Gasteiger partial charge in [0.05, 0.1) is 8.07 Å². The molecule has 0 radical (unpaired) electrons. The minimum Gasteiger partial charge on any atom is -0.310 e. The number of nitrogens with one attached hydrogen (secondary N) is 1. The first-order chi connectivity index (χ1) is 9.02. The zero-order chi connectivity index (χ0) is 13.5. The van der Waals surface area contributed by atoms with E-state index >= 15 is 0 Å². The third kappa shape index (κ3) is 2.95. The van der Waals surface area contributed by atoms with E-state index in [1.54, 1.807) is 5.19 Å². The van der Waals surface area contributed by atoms with E-state index in [0.717, 1.165) is 24.4 Å². The van der Waals surface area contributed by atoms with Gasteiger partial charge in [-0.05, 0) is 36.7 Å². The van der Waals surface area contributed by atoms with Gasteiger partial charge in [0.25, 0.3) is 0 Å². The molecular formula is C17H27NSi. The molecule has 3 atom stereocenters. The quantitative estimate of drug-likeness (QED) is 0.828. The molecule has 2 fully saturated rings. The van der Waals surface area contributed by atoms with Gasteiger partial charge in [-0.3, -0.25) is 0 Å². The number of hydrogen-bond acceptors (Lipinski definition) is 1. The van der Waals surface area contributed by atoms with Crippen molar-refractivity contribution in [1.29, 1.82) is 0 Å². The fourth-order valence-corrected chi connectivity index (χ4v) is 5.03. The number of fused-ring (bicyclic) bond motifs is 2. The second kappa shape index (κ2) is 5.06. The van der Waals surface area contributed by atoms with Crippen LogP contribution >= 0.6 is 0 Å². The highest BCUT2D eigenvalue weighted by atomic mass is 28.3. The first-order valence-corrected chi connectivity index (χ1v) is 11.3. The zero-order valence-electron chi connectivity index (χ0n) is 12.6. The molecule has 1 N–H and O–H groups in total. The van der Waals surface area contributed by atoms with Crippen LogP contribution in [-0.2, 0) is 6.54 Å². The summed E-state index contributed by atoms with van der Waals surface area (Å²) in [5, 5.41) is 5.36. The second-order valence-electron chi connectivity index (χ2n) is 7.61. The molecule has 1 aromatic carbocycles. The van der Waals surface area contributed by atoms with E-state index in [9.17, 15) is 0 Å². The molecule has 3 rings (SSSR count). The Labute approximate surface area is 118 Å². The second-order valence-corrected chi connectivity index (χ2v) is 12.7. The predicted molar refractivity (Wildman–Crippen MR) is 85.5 cm³/mol. The van der Waals surface area contributed by atoms with Crippen LogP contribution in [0.3, 0.4) is 0 Å². The van der Waals surface area contributed by atoms with Gasteiger partial charge in [0.1, 0.15) is 0 Å². The average Bonchev–Trinajstić information content (AvgIpc) is 2.98. The molecule has 3 unspecified atom stereocenters. The van der Waals surface area contributed by atoms with Gasteiger partial charge < -0.3 is 5.32 Å². The van der Waals surface area contributed by atoms with Gasteiger partial charge in [-0.25, -0.2) is 0 Å². The Bertz CT molecular complexity index is 432. The summed E-state index contributed by atoms with van der Waals surface area (Å²) in [7, 11) is -1.14. The van der Waals surface area contributed by atoms with Crippen molar-refractivity contribution in [2.45, 2.75) is 57.9 Å². The Hall–Kier alpha value is -0.603. The van der Waals surface area contributed by atoms with Crippen LogP contribution in [0.15, 0.2) is 24.3 Å². The summed E-state index contributed by atoms with van der Waals surface area (Å²) >= 11 is 0. The summed E-state index contributed by atoms with van der Waals surface area (Å²) in [5.41, 5.74) is 1.45. The molecule has 2 aliphatic rings. The molecule has 104 valence electrons. The van der Waals surface area contributed by atoms with Gasteiger partial charge in [-0.2, -0.15) is 0 Å². The molecule has 2 saturated carbocycles. The Morgan fingerprint density at radius 2 is 1.79 bits per heavy atom.